The minimum absolute atomic E-state index is 0.0334. The van der Waals surface area contributed by atoms with Crippen LogP contribution in [0.2, 0.25) is 0 Å². The zero-order valence-corrected chi connectivity index (χ0v) is 20.3. The van der Waals surface area contributed by atoms with Gasteiger partial charge in [-0.05, 0) is 46.5 Å². The van der Waals surface area contributed by atoms with E-state index >= 15 is 0 Å². The number of hydrogen-bond donors (Lipinski definition) is 9. The highest BCUT2D eigenvalue weighted by Gasteiger charge is 2.30. The Kier molecular flexibility index (Phi) is 9.42. The fourth-order valence-corrected chi connectivity index (χ4v) is 4.09. The van der Waals surface area contributed by atoms with E-state index in [0.29, 0.717) is 22.3 Å². The van der Waals surface area contributed by atoms with Crippen LogP contribution in [0.15, 0.2) is 36.4 Å². The average Bonchev–Trinajstić information content (AvgIpc) is 2.88. The number of carbonyl (C=O) groups excluding carboxylic acids is 3. The molecule has 12 heteroatoms. The molecular weight excluding hydrogens is 480 g/mol. The standard InChI is InChI=1S/C25H34N6O6/c26-5-6-29-24(36)19-10-16-8-14(2-4-22(16)34)13-1-3-21(33)15(7-13)9-18(28)23(35)30-20(25(37)31-19)11-17(32)12-27/h1-4,7-8,17-20,32-34H,5-6,9-12,26-28H2,(H,29,36)(H,30,35)(H,31,37)/t17-,18?,19+,20+/m1/s1. The molecule has 4 bridgehead atoms. The Labute approximate surface area is 214 Å². The molecule has 0 saturated heterocycles. The quantitative estimate of drug-likeness (QED) is 0.206. The van der Waals surface area contributed by atoms with Crippen LogP contribution >= 0.6 is 0 Å². The van der Waals surface area contributed by atoms with Gasteiger partial charge in [0.2, 0.25) is 17.7 Å². The molecule has 0 saturated carbocycles. The monoisotopic (exact) mass is 514 g/mol. The smallest absolute Gasteiger partial charge is 0.243 e. The Bertz CT molecular complexity index is 1140. The number of carbonyl (C=O) groups is 3. The highest BCUT2D eigenvalue weighted by Crippen LogP contribution is 2.30. The SMILES string of the molecule is NCCNC(=O)[C@@H]1Cc2cc(ccc2O)-c2ccc(O)c(c2)CC(N)C(=O)N[C@@H](C[C@@H](O)CN)C(=O)N1. The number of hydrogen-bond acceptors (Lipinski definition) is 9. The molecule has 37 heavy (non-hydrogen) atoms. The first-order valence-electron chi connectivity index (χ1n) is 12.0. The van der Waals surface area contributed by atoms with Crippen LogP contribution in [0.3, 0.4) is 0 Å². The van der Waals surface area contributed by atoms with Crippen molar-refractivity contribution in [2.75, 3.05) is 19.6 Å². The van der Waals surface area contributed by atoms with Gasteiger partial charge in [-0.3, -0.25) is 14.4 Å². The van der Waals surface area contributed by atoms with Crippen LogP contribution in [0.4, 0.5) is 0 Å². The second-order valence-corrected chi connectivity index (χ2v) is 9.03. The molecule has 0 spiro atoms. The summed E-state index contributed by atoms with van der Waals surface area (Å²) in [6, 6.07) is 6.15. The van der Waals surface area contributed by atoms with Crippen LogP contribution < -0.4 is 33.2 Å². The summed E-state index contributed by atoms with van der Waals surface area (Å²) in [5.74, 6) is -2.11. The fourth-order valence-electron chi connectivity index (χ4n) is 4.09. The van der Waals surface area contributed by atoms with Gasteiger partial charge in [-0.2, -0.15) is 0 Å². The van der Waals surface area contributed by atoms with Crippen LogP contribution in [0.1, 0.15) is 17.5 Å². The van der Waals surface area contributed by atoms with Gasteiger partial charge in [0.05, 0.1) is 12.1 Å². The van der Waals surface area contributed by atoms with Crippen molar-refractivity contribution in [3.8, 4) is 22.6 Å². The van der Waals surface area contributed by atoms with Gasteiger partial charge in [-0.1, -0.05) is 12.1 Å². The first-order valence-corrected chi connectivity index (χ1v) is 12.0. The Balaban J connectivity index is 2.09. The zero-order valence-electron chi connectivity index (χ0n) is 20.3. The van der Waals surface area contributed by atoms with Crippen molar-refractivity contribution in [2.24, 2.45) is 17.2 Å². The van der Waals surface area contributed by atoms with Gasteiger partial charge in [0.25, 0.3) is 0 Å². The second-order valence-electron chi connectivity index (χ2n) is 9.03. The maximum absolute atomic E-state index is 13.2. The van der Waals surface area contributed by atoms with E-state index in [4.69, 9.17) is 17.2 Å². The van der Waals surface area contributed by atoms with Crippen LogP contribution in [0.5, 0.6) is 11.5 Å². The van der Waals surface area contributed by atoms with Crippen LogP contribution in [-0.4, -0.2) is 76.9 Å². The number of phenolic OH excluding ortho intramolecular Hbond substituents is 2. The van der Waals surface area contributed by atoms with E-state index in [2.05, 4.69) is 16.0 Å². The maximum atomic E-state index is 13.2. The number of aromatic hydroxyl groups is 2. The lowest BCUT2D eigenvalue weighted by Gasteiger charge is -2.25. The zero-order chi connectivity index (χ0) is 27.1. The third-order valence-corrected chi connectivity index (χ3v) is 6.18. The summed E-state index contributed by atoms with van der Waals surface area (Å²) in [6.07, 6.45) is -1.44. The first-order chi connectivity index (χ1) is 17.6. The summed E-state index contributed by atoms with van der Waals surface area (Å²) in [7, 11) is 0. The molecule has 200 valence electrons. The molecule has 2 aromatic rings. The molecule has 12 nitrogen and oxygen atoms in total. The van der Waals surface area contributed by atoms with Gasteiger partial charge in [0.15, 0.2) is 0 Å². The van der Waals surface area contributed by atoms with E-state index in [1.807, 2.05) is 0 Å². The van der Waals surface area contributed by atoms with Crippen molar-refractivity contribution in [1.82, 2.24) is 16.0 Å². The molecule has 4 atom stereocenters. The Morgan fingerprint density at radius 3 is 2.14 bits per heavy atom. The van der Waals surface area contributed by atoms with Crippen LogP contribution in [0, 0.1) is 0 Å². The third kappa shape index (κ3) is 7.17. The molecule has 0 fully saturated rings. The normalized spacial score (nSPS) is 21.1. The molecule has 1 heterocycles. The highest BCUT2D eigenvalue weighted by molar-refractivity contribution is 5.93. The van der Waals surface area contributed by atoms with Crippen molar-refractivity contribution in [3.63, 3.8) is 0 Å². The molecule has 3 amide bonds. The number of nitrogens with two attached hydrogens (primary N) is 3. The lowest BCUT2D eigenvalue weighted by molar-refractivity contribution is -0.133. The average molecular weight is 515 g/mol. The number of aliphatic hydroxyl groups is 1. The van der Waals surface area contributed by atoms with E-state index < -0.39 is 42.0 Å². The summed E-state index contributed by atoms with van der Waals surface area (Å²) in [4.78, 5) is 39.1. The van der Waals surface area contributed by atoms with Gasteiger partial charge in [0.1, 0.15) is 23.6 Å². The molecule has 1 aliphatic heterocycles. The molecule has 1 unspecified atom stereocenters. The van der Waals surface area contributed by atoms with Gasteiger partial charge < -0.3 is 48.5 Å². The minimum atomic E-state index is -1.26. The number of fused-ring (bicyclic) bond motifs is 5. The molecular formula is C25H34N6O6. The molecule has 3 rings (SSSR count). The highest BCUT2D eigenvalue weighted by atomic mass is 16.3. The number of amides is 3. The summed E-state index contributed by atoms with van der Waals surface area (Å²) in [5, 5.41) is 38.7. The minimum Gasteiger partial charge on any atom is -0.508 e. The van der Waals surface area contributed by atoms with Crippen molar-refractivity contribution >= 4 is 17.7 Å². The van der Waals surface area contributed by atoms with Crippen LogP contribution in [0.25, 0.3) is 11.1 Å². The predicted molar refractivity (Wildman–Crippen MR) is 136 cm³/mol. The number of nitrogens with one attached hydrogen (secondary N) is 3. The van der Waals surface area contributed by atoms with Gasteiger partial charge in [0, 0.05) is 38.9 Å². The fraction of sp³-hybridized carbons (Fsp3) is 0.400. The van der Waals surface area contributed by atoms with Crippen LogP contribution in [-0.2, 0) is 27.2 Å². The van der Waals surface area contributed by atoms with E-state index in [9.17, 15) is 29.7 Å². The summed E-state index contributed by atoms with van der Waals surface area (Å²) >= 11 is 0. The topological polar surface area (TPSA) is 226 Å². The van der Waals surface area contributed by atoms with Gasteiger partial charge in [-0.15, -0.1) is 0 Å². The largest absolute Gasteiger partial charge is 0.508 e. The molecule has 0 radical (unpaired) electrons. The Morgan fingerprint density at radius 2 is 1.57 bits per heavy atom. The van der Waals surface area contributed by atoms with E-state index in [-0.39, 0.29) is 50.4 Å². The van der Waals surface area contributed by atoms with Crippen molar-refractivity contribution in [3.05, 3.63) is 47.5 Å². The number of rotatable bonds is 6. The molecule has 0 aliphatic carbocycles. The van der Waals surface area contributed by atoms with E-state index in [0.717, 1.165) is 0 Å². The van der Waals surface area contributed by atoms with Crippen molar-refractivity contribution in [2.45, 2.75) is 43.5 Å². The molecule has 0 aromatic heterocycles. The number of benzene rings is 2. The van der Waals surface area contributed by atoms with E-state index in [1.54, 1.807) is 24.3 Å². The summed E-state index contributed by atoms with van der Waals surface area (Å²) in [5.41, 5.74) is 19.3. The second kappa shape index (κ2) is 12.5. The van der Waals surface area contributed by atoms with Gasteiger partial charge in [-0.25, -0.2) is 0 Å². The van der Waals surface area contributed by atoms with Gasteiger partial charge >= 0.3 is 0 Å². The lowest BCUT2D eigenvalue weighted by Crippen LogP contribution is -2.57. The first kappa shape index (κ1) is 27.9. The lowest BCUT2D eigenvalue weighted by atomic mass is 9.95. The summed E-state index contributed by atoms with van der Waals surface area (Å²) < 4.78 is 0. The summed E-state index contributed by atoms with van der Waals surface area (Å²) in [6.45, 7) is 0.178. The van der Waals surface area contributed by atoms with E-state index in [1.165, 1.54) is 12.1 Å². The van der Waals surface area contributed by atoms with Crippen molar-refractivity contribution < 1.29 is 29.7 Å². The number of phenols is 2. The Morgan fingerprint density at radius 1 is 0.973 bits per heavy atom. The molecule has 2 aromatic carbocycles. The predicted octanol–water partition coefficient (Wildman–Crippen LogP) is -2.06. The third-order valence-electron chi connectivity index (χ3n) is 6.18. The molecule has 12 N–H and O–H groups in total. The molecule has 1 aliphatic rings. The Hall–Kier alpha value is -3.71. The number of aliphatic hydroxyl groups excluding tert-OH is 1. The maximum Gasteiger partial charge on any atom is 0.243 e. The van der Waals surface area contributed by atoms with Crippen molar-refractivity contribution in [1.29, 1.82) is 0 Å².